The Hall–Kier alpha value is -1.88. The highest BCUT2D eigenvalue weighted by atomic mass is 32.1. The van der Waals surface area contributed by atoms with Gasteiger partial charge in [-0.25, -0.2) is 4.98 Å². The highest BCUT2D eigenvalue weighted by Gasteiger charge is 2.00. The fourth-order valence-corrected chi connectivity index (χ4v) is 1.79. The van der Waals surface area contributed by atoms with Crippen molar-refractivity contribution in [3.63, 3.8) is 0 Å². The van der Waals surface area contributed by atoms with Crippen molar-refractivity contribution < 1.29 is 4.74 Å². The van der Waals surface area contributed by atoms with E-state index in [1.54, 1.807) is 29.7 Å². The second kappa shape index (κ2) is 4.76. The first-order valence-corrected chi connectivity index (χ1v) is 5.59. The Bertz CT molecular complexity index is 464. The van der Waals surface area contributed by atoms with E-state index in [2.05, 4.69) is 4.98 Å². The maximum atomic E-state index is 7.20. The third-order valence-electron chi connectivity index (χ3n) is 1.97. The number of nitrogen functional groups attached to an aromatic ring is 1. The first-order valence-electron chi connectivity index (χ1n) is 4.71. The molecule has 0 unspecified atom stereocenters. The van der Waals surface area contributed by atoms with E-state index >= 15 is 0 Å². The summed E-state index contributed by atoms with van der Waals surface area (Å²) in [6.07, 6.45) is 1.57. The van der Waals surface area contributed by atoms with Crippen LogP contribution in [-0.2, 0) is 6.61 Å². The van der Waals surface area contributed by atoms with Crippen molar-refractivity contribution in [3.8, 4) is 5.75 Å². The third-order valence-corrected chi connectivity index (χ3v) is 2.82. The van der Waals surface area contributed by atoms with Crippen molar-refractivity contribution in [2.24, 2.45) is 5.73 Å². The van der Waals surface area contributed by atoms with Crippen molar-refractivity contribution in [1.29, 1.82) is 5.41 Å². The van der Waals surface area contributed by atoms with E-state index in [9.17, 15) is 0 Å². The molecule has 82 valence electrons. The maximum absolute atomic E-state index is 7.20. The Morgan fingerprint density at radius 3 is 2.88 bits per heavy atom. The van der Waals surface area contributed by atoms with Gasteiger partial charge in [0.15, 0.2) is 0 Å². The van der Waals surface area contributed by atoms with E-state index in [1.807, 2.05) is 17.5 Å². The lowest BCUT2D eigenvalue weighted by molar-refractivity contribution is 0.308. The van der Waals surface area contributed by atoms with Crippen LogP contribution in [0.15, 0.2) is 35.8 Å². The molecule has 0 atom stereocenters. The molecule has 4 nitrogen and oxygen atoms in total. The van der Waals surface area contributed by atoms with Crippen LogP contribution in [0.25, 0.3) is 0 Å². The van der Waals surface area contributed by atoms with Gasteiger partial charge in [0.1, 0.15) is 23.9 Å². The lowest BCUT2D eigenvalue weighted by Gasteiger charge is -2.04. The molecule has 0 bridgehead atoms. The average Bonchev–Trinajstić information content (AvgIpc) is 2.80. The van der Waals surface area contributed by atoms with Crippen LogP contribution in [0.4, 0.5) is 0 Å². The molecule has 0 amide bonds. The topological polar surface area (TPSA) is 72.0 Å². The Morgan fingerprint density at radius 2 is 2.31 bits per heavy atom. The zero-order valence-corrected chi connectivity index (χ0v) is 9.33. The van der Waals surface area contributed by atoms with Gasteiger partial charge in [-0.2, -0.15) is 0 Å². The molecular formula is C11H11N3OS. The molecule has 0 aromatic carbocycles. The van der Waals surface area contributed by atoms with Crippen molar-refractivity contribution >= 4 is 17.2 Å². The number of nitrogens with two attached hydrogens (primary N) is 1. The van der Waals surface area contributed by atoms with E-state index in [0.29, 0.717) is 18.1 Å². The molecule has 0 aliphatic rings. The summed E-state index contributed by atoms with van der Waals surface area (Å²) in [7, 11) is 0. The van der Waals surface area contributed by atoms with Crippen LogP contribution >= 0.6 is 11.3 Å². The van der Waals surface area contributed by atoms with Gasteiger partial charge in [-0.3, -0.25) is 5.41 Å². The molecule has 2 aromatic rings. The Labute approximate surface area is 97.2 Å². The number of thiophene rings is 1. The lowest BCUT2D eigenvalue weighted by Crippen LogP contribution is -2.12. The summed E-state index contributed by atoms with van der Waals surface area (Å²) in [6, 6.07) is 7.44. The van der Waals surface area contributed by atoms with E-state index < -0.39 is 0 Å². The normalized spacial score (nSPS) is 10.0. The molecule has 5 heteroatoms. The predicted octanol–water partition coefficient (Wildman–Crippen LogP) is 2.01. The van der Waals surface area contributed by atoms with Crippen LogP contribution in [0, 0.1) is 5.41 Å². The number of amidine groups is 1. The van der Waals surface area contributed by atoms with Gasteiger partial charge in [0.2, 0.25) is 0 Å². The number of hydrogen-bond acceptors (Lipinski definition) is 4. The smallest absolute Gasteiger partial charge is 0.141 e. The molecular weight excluding hydrogens is 222 g/mol. The highest BCUT2D eigenvalue weighted by molar-refractivity contribution is 7.09. The van der Waals surface area contributed by atoms with Crippen LogP contribution in [0.3, 0.4) is 0 Å². The average molecular weight is 233 g/mol. The number of nitrogens with one attached hydrogen (secondary N) is 1. The van der Waals surface area contributed by atoms with Gasteiger partial charge in [-0.05, 0) is 23.6 Å². The minimum atomic E-state index is -0.0372. The molecule has 2 rings (SSSR count). The summed E-state index contributed by atoms with van der Waals surface area (Å²) in [6.45, 7) is 0.540. The van der Waals surface area contributed by atoms with E-state index in [4.69, 9.17) is 15.9 Å². The minimum Gasteiger partial charge on any atom is -0.486 e. The first kappa shape index (κ1) is 10.6. The molecule has 0 saturated heterocycles. The molecule has 0 saturated carbocycles. The Morgan fingerprint density at radius 1 is 1.44 bits per heavy atom. The summed E-state index contributed by atoms with van der Waals surface area (Å²) in [5.74, 6) is 0.642. The van der Waals surface area contributed by atoms with Crippen molar-refractivity contribution in [2.75, 3.05) is 0 Å². The molecule has 0 radical (unpaired) electrons. The summed E-state index contributed by atoms with van der Waals surface area (Å²) in [5.41, 5.74) is 5.76. The fraction of sp³-hybridized carbons (Fsp3) is 0.0909. The molecule has 3 N–H and O–H groups in total. The second-order valence-electron chi connectivity index (χ2n) is 3.16. The molecule has 0 spiro atoms. The molecule has 0 fully saturated rings. The molecule has 0 aliphatic carbocycles. The molecule has 0 aliphatic heterocycles. The Balaban J connectivity index is 1.98. The van der Waals surface area contributed by atoms with Crippen molar-refractivity contribution in [2.45, 2.75) is 6.61 Å². The Kier molecular flexibility index (Phi) is 3.16. The molecule has 2 aromatic heterocycles. The van der Waals surface area contributed by atoms with E-state index in [0.717, 1.165) is 4.88 Å². The number of pyridine rings is 1. The number of nitrogens with zero attached hydrogens (tertiary/aromatic N) is 1. The molecule has 16 heavy (non-hydrogen) atoms. The van der Waals surface area contributed by atoms with E-state index in [1.165, 1.54) is 0 Å². The number of ether oxygens (including phenoxy) is 1. The molecule has 2 heterocycles. The maximum Gasteiger partial charge on any atom is 0.141 e. The van der Waals surface area contributed by atoms with Gasteiger partial charge < -0.3 is 10.5 Å². The van der Waals surface area contributed by atoms with Gasteiger partial charge >= 0.3 is 0 Å². The van der Waals surface area contributed by atoms with Crippen LogP contribution < -0.4 is 10.5 Å². The number of aromatic nitrogens is 1. The summed E-state index contributed by atoms with van der Waals surface area (Å²) >= 11 is 1.65. The summed E-state index contributed by atoms with van der Waals surface area (Å²) < 4.78 is 5.52. The first-order chi connectivity index (χ1) is 7.75. The summed E-state index contributed by atoms with van der Waals surface area (Å²) in [5, 5.41) is 9.21. The van der Waals surface area contributed by atoms with Crippen LogP contribution in [-0.4, -0.2) is 10.8 Å². The van der Waals surface area contributed by atoms with Crippen molar-refractivity contribution in [1.82, 2.24) is 4.98 Å². The van der Waals surface area contributed by atoms with Gasteiger partial charge in [0.05, 0.1) is 6.20 Å². The standard InChI is InChI=1S/C11H11N3OS/c12-11(13)10-4-3-8(6-14-10)15-7-9-2-1-5-16-9/h1-6H,7H2,(H3,12,13). The van der Waals surface area contributed by atoms with Gasteiger partial charge in [0, 0.05) is 4.88 Å². The minimum absolute atomic E-state index is 0.0372. The van der Waals surface area contributed by atoms with Gasteiger partial charge in [-0.1, -0.05) is 6.07 Å². The van der Waals surface area contributed by atoms with Crippen LogP contribution in [0.5, 0.6) is 5.75 Å². The fourth-order valence-electron chi connectivity index (χ4n) is 1.17. The zero-order valence-electron chi connectivity index (χ0n) is 8.51. The SMILES string of the molecule is N=C(N)c1ccc(OCc2cccs2)cn1. The summed E-state index contributed by atoms with van der Waals surface area (Å²) in [4.78, 5) is 5.17. The predicted molar refractivity (Wildman–Crippen MR) is 63.9 cm³/mol. The lowest BCUT2D eigenvalue weighted by atomic mass is 10.3. The quantitative estimate of drug-likeness (QED) is 0.626. The van der Waals surface area contributed by atoms with Crippen LogP contribution in [0.2, 0.25) is 0 Å². The zero-order chi connectivity index (χ0) is 11.4. The van der Waals surface area contributed by atoms with Gasteiger partial charge in [0.25, 0.3) is 0 Å². The largest absolute Gasteiger partial charge is 0.486 e. The van der Waals surface area contributed by atoms with Gasteiger partial charge in [-0.15, -0.1) is 11.3 Å². The monoisotopic (exact) mass is 233 g/mol. The third kappa shape index (κ3) is 2.58. The van der Waals surface area contributed by atoms with Crippen molar-refractivity contribution in [3.05, 3.63) is 46.4 Å². The van der Waals surface area contributed by atoms with E-state index in [-0.39, 0.29) is 5.84 Å². The van der Waals surface area contributed by atoms with Crippen LogP contribution in [0.1, 0.15) is 10.6 Å². The second-order valence-corrected chi connectivity index (χ2v) is 4.19. The number of rotatable bonds is 4. The highest BCUT2D eigenvalue weighted by Crippen LogP contribution is 2.14. The number of hydrogen-bond donors (Lipinski definition) is 2.